The number of fused-ring (bicyclic) bond motifs is 1. The van der Waals surface area contributed by atoms with E-state index in [2.05, 4.69) is 36.5 Å². The van der Waals surface area contributed by atoms with Gasteiger partial charge in [0.2, 0.25) is 0 Å². The first-order valence-electron chi connectivity index (χ1n) is 6.44. The van der Waals surface area contributed by atoms with E-state index in [-0.39, 0.29) is 0 Å². The Morgan fingerprint density at radius 3 is 3.12 bits per heavy atom. The van der Waals surface area contributed by atoms with E-state index >= 15 is 0 Å². The summed E-state index contributed by atoms with van der Waals surface area (Å²) in [5.74, 6) is 1.16. The van der Waals surface area contributed by atoms with Crippen LogP contribution in [0.3, 0.4) is 0 Å². The van der Waals surface area contributed by atoms with Crippen molar-refractivity contribution in [1.82, 2.24) is 5.32 Å². The Morgan fingerprint density at radius 1 is 1.35 bits per heavy atom. The standard InChI is InChI=1S/C14H21NOS/c1-2-9-16-10-5-8-15-13-11-17-14-7-4-3-6-12(13)14/h3-4,6-7,13,15H,2,5,8-11H2,1H3. The monoisotopic (exact) mass is 251 g/mol. The molecule has 1 unspecified atom stereocenters. The minimum Gasteiger partial charge on any atom is -0.381 e. The summed E-state index contributed by atoms with van der Waals surface area (Å²) in [5.41, 5.74) is 1.46. The van der Waals surface area contributed by atoms with Crippen LogP contribution in [0.15, 0.2) is 29.2 Å². The van der Waals surface area contributed by atoms with Gasteiger partial charge in [-0.05, 0) is 31.0 Å². The molecular weight excluding hydrogens is 230 g/mol. The maximum absolute atomic E-state index is 5.47. The predicted octanol–water partition coefficient (Wildman–Crippen LogP) is 3.24. The van der Waals surface area contributed by atoms with Gasteiger partial charge in [0.1, 0.15) is 0 Å². The molecule has 1 aliphatic heterocycles. The van der Waals surface area contributed by atoms with Crippen LogP contribution < -0.4 is 5.32 Å². The summed E-state index contributed by atoms with van der Waals surface area (Å²) in [7, 11) is 0. The van der Waals surface area contributed by atoms with Gasteiger partial charge in [0, 0.05) is 29.9 Å². The minimum atomic E-state index is 0.530. The summed E-state index contributed by atoms with van der Waals surface area (Å²) in [6.07, 6.45) is 2.21. The van der Waals surface area contributed by atoms with Gasteiger partial charge < -0.3 is 10.1 Å². The lowest BCUT2D eigenvalue weighted by Gasteiger charge is -2.13. The van der Waals surface area contributed by atoms with Gasteiger partial charge in [-0.3, -0.25) is 0 Å². The fourth-order valence-electron chi connectivity index (χ4n) is 2.03. The van der Waals surface area contributed by atoms with Crippen molar-refractivity contribution in [2.45, 2.75) is 30.7 Å². The zero-order valence-corrected chi connectivity index (χ0v) is 11.3. The highest BCUT2D eigenvalue weighted by molar-refractivity contribution is 7.99. The lowest BCUT2D eigenvalue weighted by Crippen LogP contribution is -2.23. The Labute approximate surface area is 108 Å². The van der Waals surface area contributed by atoms with Gasteiger partial charge in [-0.1, -0.05) is 25.1 Å². The Kier molecular flexibility index (Phi) is 5.36. The van der Waals surface area contributed by atoms with E-state index in [0.717, 1.165) is 38.4 Å². The van der Waals surface area contributed by atoms with Crippen LogP contribution in [0.1, 0.15) is 31.4 Å². The summed E-state index contributed by atoms with van der Waals surface area (Å²) in [4.78, 5) is 1.44. The number of ether oxygens (including phenoxy) is 1. The third-order valence-electron chi connectivity index (χ3n) is 2.90. The molecule has 3 heteroatoms. The molecule has 1 atom stereocenters. The predicted molar refractivity (Wildman–Crippen MR) is 73.6 cm³/mol. The number of hydrogen-bond donors (Lipinski definition) is 1. The second kappa shape index (κ2) is 7.04. The normalized spacial score (nSPS) is 18.3. The quantitative estimate of drug-likeness (QED) is 0.752. The fourth-order valence-corrected chi connectivity index (χ4v) is 3.22. The highest BCUT2D eigenvalue weighted by atomic mass is 32.2. The maximum Gasteiger partial charge on any atom is 0.0478 e. The second-order valence-corrected chi connectivity index (χ2v) is 5.38. The van der Waals surface area contributed by atoms with Crippen molar-refractivity contribution in [3.05, 3.63) is 29.8 Å². The van der Waals surface area contributed by atoms with E-state index in [9.17, 15) is 0 Å². The van der Waals surface area contributed by atoms with Crippen LogP contribution in [0.25, 0.3) is 0 Å². The molecule has 1 N–H and O–H groups in total. The molecule has 0 aromatic heterocycles. The van der Waals surface area contributed by atoms with E-state index in [1.807, 2.05) is 11.8 Å². The topological polar surface area (TPSA) is 21.3 Å². The smallest absolute Gasteiger partial charge is 0.0478 e. The summed E-state index contributed by atoms with van der Waals surface area (Å²) in [6, 6.07) is 9.23. The van der Waals surface area contributed by atoms with Crippen LogP contribution in [0.5, 0.6) is 0 Å². The lowest BCUT2D eigenvalue weighted by molar-refractivity contribution is 0.132. The average Bonchev–Trinajstić information content (AvgIpc) is 2.77. The number of rotatable bonds is 7. The summed E-state index contributed by atoms with van der Waals surface area (Å²) < 4.78 is 5.47. The molecule has 0 bridgehead atoms. The van der Waals surface area contributed by atoms with E-state index in [1.165, 1.54) is 10.5 Å². The van der Waals surface area contributed by atoms with Gasteiger partial charge in [0.05, 0.1) is 0 Å². The molecule has 1 aromatic carbocycles. The van der Waals surface area contributed by atoms with E-state index in [0.29, 0.717) is 6.04 Å². The summed E-state index contributed by atoms with van der Waals surface area (Å²) in [5, 5.41) is 3.61. The molecule has 2 nitrogen and oxygen atoms in total. The maximum atomic E-state index is 5.47. The lowest BCUT2D eigenvalue weighted by atomic mass is 10.1. The number of benzene rings is 1. The fraction of sp³-hybridized carbons (Fsp3) is 0.571. The average molecular weight is 251 g/mol. The third kappa shape index (κ3) is 3.73. The zero-order valence-electron chi connectivity index (χ0n) is 10.4. The Bertz CT molecular complexity index is 343. The molecule has 94 valence electrons. The van der Waals surface area contributed by atoms with Gasteiger partial charge in [-0.15, -0.1) is 11.8 Å². The third-order valence-corrected chi connectivity index (χ3v) is 4.09. The number of nitrogens with one attached hydrogen (secondary N) is 1. The zero-order chi connectivity index (χ0) is 11.9. The highest BCUT2D eigenvalue weighted by Crippen LogP contribution is 2.37. The van der Waals surface area contributed by atoms with Crippen molar-refractivity contribution >= 4 is 11.8 Å². The van der Waals surface area contributed by atoms with Crippen molar-refractivity contribution in [1.29, 1.82) is 0 Å². The van der Waals surface area contributed by atoms with Crippen molar-refractivity contribution in [3.8, 4) is 0 Å². The molecule has 0 saturated heterocycles. The van der Waals surface area contributed by atoms with Gasteiger partial charge in [0.25, 0.3) is 0 Å². The summed E-state index contributed by atoms with van der Waals surface area (Å²) >= 11 is 1.95. The first kappa shape index (κ1) is 12.9. The molecule has 0 amide bonds. The van der Waals surface area contributed by atoms with E-state index in [1.54, 1.807) is 0 Å². The van der Waals surface area contributed by atoms with Crippen LogP contribution in [-0.4, -0.2) is 25.5 Å². The Morgan fingerprint density at radius 2 is 2.24 bits per heavy atom. The van der Waals surface area contributed by atoms with Crippen molar-refractivity contribution in [3.63, 3.8) is 0 Å². The molecule has 1 heterocycles. The first-order chi connectivity index (χ1) is 8.42. The van der Waals surface area contributed by atoms with Gasteiger partial charge >= 0.3 is 0 Å². The molecule has 0 spiro atoms. The number of thioether (sulfide) groups is 1. The van der Waals surface area contributed by atoms with Crippen molar-refractivity contribution in [2.24, 2.45) is 0 Å². The van der Waals surface area contributed by atoms with E-state index < -0.39 is 0 Å². The molecular formula is C14H21NOS. The largest absolute Gasteiger partial charge is 0.381 e. The first-order valence-corrected chi connectivity index (χ1v) is 7.43. The second-order valence-electron chi connectivity index (χ2n) is 4.32. The Hall–Kier alpha value is -0.510. The van der Waals surface area contributed by atoms with Crippen molar-refractivity contribution in [2.75, 3.05) is 25.5 Å². The van der Waals surface area contributed by atoms with Crippen LogP contribution in [0.2, 0.25) is 0 Å². The van der Waals surface area contributed by atoms with Crippen LogP contribution in [0.4, 0.5) is 0 Å². The summed E-state index contributed by atoms with van der Waals surface area (Å²) in [6.45, 7) is 4.96. The SMILES string of the molecule is CCCOCCCNC1CSc2ccccc21. The van der Waals surface area contributed by atoms with Crippen molar-refractivity contribution < 1.29 is 4.74 Å². The van der Waals surface area contributed by atoms with Gasteiger partial charge in [0.15, 0.2) is 0 Å². The molecule has 1 aromatic rings. The Balaban J connectivity index is 1.68. The highest BCUT2D eigenvalue weighted by Gasteiger charge is 2.21. The minimum absolute atomic E-state index is 0.530. The molecule has 17 heavy (non-hydrogen) atoms. The number of hydrogen-bond acceptors (Lipinski definition) is 3. The van der Waals surface area contributed by atoms with Crippen LogP contribution in [0, 0.1) is 0 Å². The molecule has 2 rings (SSSR count). The van der Waals surface area contributed by atoms with E-state index in [4.69, 9.17) is 4.74 Å². The molecule has 1 aliphatic rings. The van der Waals surface area contributed by atoms with Crippen LogP contribution in [-0.2, 0) is 4.74 Å². The van der Waals surface area contributed by atoms with Gasteiger partial charge in [-0.25, -0.2) is 0 Å². The molecule has 0 aliphatic carbocycles. The van der Waals surface area contributed by atoms with Crippen LogP contribution >= 0.6 is 11.8 Å². The molecule has 0 saturated carbocycles. The molecule has 0 radical (unpaired) electrons. The van der Waals surface area contributed by atoms with Gasteiger partial charge in [-0.2, -0.15) is 0 Å². The molecule has 0 fully saturated rings.